The maximum Gasteiger partial charge on any atom is 0.354 e. The molecule has 2 aliphatic heterocycles. The van der Waals surface area contributed by atoms with Crippen LogP contribution in [0.3, 0.4) is 0 Å². The Labute approximate surface area is 325 Å². The summed E-state index contributed by atoms with van der Waals surface area (Å²) in [4.78, 5) is 54.9. The number of aromatic nitrogens is 4. The Bertz CT molecular complexity index is 1960. The van der Waals surface area contributed by atoms with Crippen LogP contribution in [-0.4, -0.2) is 73.9 Å². The molecule has 0 bridgehead atoms. The van der Waals surface area contributed by atoms with Crippen LogP contribution in [0.1, 0.15) is 98.7 Å². The number of nitrogens with zero attached hydrogens (tertiary/aromatic N) is 2. The molecule has 7 atom stereocenters. The van der Waals surface area contributed by atoms with Crippen LogP contribution in [0.15, 0.2) is 43.5 Å². The van der Waals surface area contributed by atoms with Crippen molar-refractivity contribution in [3.8, 4) is 0 Å². The second-order valence-electron chi connectivity index (χ2n) is 17.4. The van der Waals surface area contributed by atoms with E-state index in [0.29, 0.717) is 17.5 Å². The van der Waals surface area contributed by atoms with Crippen molar-refractivity contribution in [3.63, 3.8) is 0 Å². The SMILES string of the molecule is COP(=O)(/C=C/[C@H]1O[C@@H](n2cc(C)c(=O)[nH]c2=O)C[C@@H]1O[Si](C(C)C)(C(C)C)C(C)C)O[C@H]1C[C@H](n2cc(C)c(=O)[nH]c2=O)O[C@@H]1CO[Si](C)(C)C(C)(C)C. The number of hydrogen-bond acceptors (Lipinski definition) is 11. The normalized spacial score (nSPS) is 25.2. The molecule has 0 aromatic carbocycles. The van der Waals surface area contributed by atoms with Gasteiger partial charge in [0.1, 0.15) is 30.8 Å². The number of H-pyrrole nitrogens is 2. The van der Waals surface area contributed by atoms with Gasteiger partial charge in [-0.2, -0.15) is 0 Å². The molecule has 2 saturated heterocycles. The smallest absolute Gasteiger partial charge is 0.354 e. The van der Waals surface area contributed by atoms with Crippen molar-refractivity contribution >= 4 is 24.2 Å². The zero-order valence-electron chi connectivity index (χ0n) is 35.0. The van der Waals surface area contributed by atoms with Crippen LogP contribution in [0.2, 0.25) is 34.8 Å². The zero-order valence-corrected chi connectivity index (χ0v) is 37.9. The first kappa shape index (κ1) is 45.2. The summed E-state index contributed by atoms with van der Waals surface area (Å²) in [5, 5.41) is -0.101. The lowest BCUT2D eigenvalue weighted by atomic mass is 10.2. The number of aryl methyl sites for hydroxylation is 2. The van der Waals surface area contributed by atoms with Gasteiger partial charge in [0.25, 0.3) is 11.1 Å². The number of ether oxygens (including phenoxy) is 2. The average Bonchev–Trinajstić information content (AvgIpc) is 3.67. The second kappa shape index (κ2) is 17.2. The summed E-state index contributed by atoms with van der Waals surface area (Å²) in [7, 11) is -7.48. The minimum absolute atomic E-state index is 0.101. The average molecular weight is 827 g/mol. The Hall–Kier alpha value is -2.48. The molecule has 55 heavy (non-hydrogen) atoms. The van der Waals surface area contributed by atoms with Crippen molar-refractivity contribution in [1.82, 2.24) is 19.1 Å². The molecule has 0 saturated carbocycles. The highest BCUT2D eigenvalue weighted by Gasteiger charge is 2.50. The standard InChI is InChI=1S/C37H63N4O11PSi2/c1-22(2)55(23(3)4,24(5)6)52-29-18-32(41-20-26(8)34(43)39-36(41)45)49-27(29)15-16-53(46,47-12)51-28-17-31(40-19-25(7)33(42)38-35(40)44)50-30(28)21-48-54(13,14)37(9,10)11/h15-16,19-20,22-24,27-32H,17-18,21H2,1-14H3,(H,38,42,44)(H,39,43,45)/b16-15+/t27-,28+,29+,30-,31-,32-,53?/m1/s1. The second-order valence-corrected chi connectivity index (χ2v) is 29.5. The Morgan fingerprint density at radius 3 is 1.78 bits per heavy atom. The van der Waals surface area contributed by atoms with Crippen LogP contribution >= 0.6 is 7.60 Å². The Kier molecular flexibility index (Phi) is 14.1. The van der Waals surface area contributed by atoms with E-state index in [1.807, 2.05) is 0 Å². The van der Waals surface area contributed by atoms with E-state index in [4.69, 9.17) is 27.4 Å². The molecular formula is C37H63N4O11PSi2. The van der Waals surface area contributed by atoms with Gasteiger partial charge in [-0.05, 0) is 54.7 Å². The van der Waals surface area contributed by atoms with Crippen molar-refractivity contribution in [3.05, 3.63) is 77.1 Å². The third-order valence-corrected chi connectivity index (χ3v) is 23.9. The van der Waals surface area contributed by atoms with Gasteiger partial charge in [-0.1, -0.05) is 62.3 Å². The summed E-state index contributed by atoms with van der Waals surface area (Å²) in [5.41, 5.74) is -0.764. The van der Waals surface area contributed by atoms with E-state index in [9.17, 15) is 23.7 Å². The minimum atomic E-state index is -4.02. The lowest BCUT2D eigenvalue weighted by molar-refractivity contribution is -0.0407. The molecule has 2 aromatic heterocycles. The first-order chi connectivity index (χ1) is 25.4. The highest BCUT2D eigenvalue weighted by Crippen LogP contribution is 2.54. The van der Waals surface area contributed by atoms with Crippen molar-refractivity contribution in [2.24, 2.45) is 0 Å². The molecule has 2 fully saturated rings. The molecule has 4 rings (SSSR count). The van der Waals surface area contributed by atoms with Gasteiger partial charge in [-0.3, -0.25) is 37.8 Å². The van der Waals surface area contributed by atoms with E-state index in [2.05, 4.69) is 85.4 Å². The van der Waals surface area contributed by atoms with Crippen LogP contribution in [0, 0.1) is 13.8 Å². The van der Waals surface area contributed by atoms with Crippen molar-refractivity contribution in [2.45, 2.75) is 161 Å². The third-order valence-electron chi connectivity index (χ3n) is 11.7. The van der Waals surface area contributed by atoms with E-state index in [-0.39, 0.29) is 34.7 Å². The fourth-order valence-corrected chi connectivity index (χ4v) is 15.4. The Balaban J connectivity index is 1.70. The molecule has 15 nitrogen and oxygen atoms in total. The minimum Gasteiger partial charge on any atom is -0.414 e. The lowest BCUT2D eigenvalue weighted by Gasteiger charge is -2.44. The van der Waals surface area contributed by atoms with E-state index in [1.165, 1.54) is 34.5 Å². The molecule has 2 aromatic rings. The van der Waals surface area contributed by atoms with Gasteiger partial charge in [0.15, 0.2) is 8.32 Å². The van der Waals surface area contributed by atoms with Gasteiger partial charge >= 0.3 is 19.0 Å². The van der Waals surface area contributed by atoms with Crippen LogP contribution in [0.4, 0.5) is 0 Å². The first-order valence-electron chi connectivity index (χ1n) is 19.2. The topological polar surface area (TPSA) is 182 Å². The highest BCUT2D eigenvalue weighted by molar-refractivity contribution is 7.57. The third kappa shape index (κ3) is 9.81. The predicted molar refractivity (Wildman–Crippen MR) is 217 cm³/mol. The summed E-state index contributed by atoms with van der Waals surface area (Å²) in [5.74, 6) is 1.36. The monoisotopic (exact) mass is 826 g/mol. The maximum atomic E-state index is 14.5. The summed E-state index contributed by atoms with van der Waals surface area (Å²) in [6.07, 6.45) is 0.490. The lowest BCUT2D eigenvalue weighted by Crippen LogP contribution is -2.51. The van der Waals surface area contributed by atoms with Crippen molar-refractivity contribution < 1.29 is 31.9 Å². The molecule has 18 heteroatoms. The molecule has 4 heterocycles. The quantitative estimate of drug-likeness (QED) is 0.146. The van der Waals surface area contributed by atoms with Gasteiger partial charge < -0.3 is 22.8 Å². The van der Waals surface area contributed by atoms with Gasteiger partial charge in [0.05, 0.1) is 12.7 Å². The fraction of sp³-hybridized carbons (Fsp3) is 0.730. The summed E-state index contributed by atoms with van der Waals surface area (Å²) in [6.45, 7) is 27.0. The highest BCUT2D eigenvalue weighted by atomic mass is 31.2. The molecule has 2 N–H and O–H groups in total. The van der Waals surface area contributed by atoms with Crippen molar-refractivity contribution in [2.75, 3.05) is 13.7 Å². The van der Waals surface area contributed by atoms with Crippen LogP contribution in [-0.2, 0) is 31.9 Å². The first-order valence-corrected chi connectivity index (χ1v) is 25.8. The van der Waals surface area contributed by atoms with Gasteiger partial charge in [0.2, 0.25) is 8.32 Å². The molecule has 2 aliphatic rings. The Morgan fingerprint density at radius 1 is 0.855 bits per heavy atom. The van der Waals surface area contributed by atoms with Crippen LogP contribution < -0.4 is 22.5 Å². The molecular weight excluding hydrogens is 764 g/mol. The zero-order chi connectivity index (χ0) is 41.4. The summed E-state index contributed by atoms with van der Waals surface area (Å²) in [6, 6.07) is 0. The van der Waals surface area contributed by atoms with Crippen LogP contribution in [0.5, 0.6) is 0 Å². The molecule has 1 unspecified atom stereocenters. The van der Waals surface area contributed by atoms with E-state index < -0.39 is 83.6 Å². The van der Waals surface area contributed by atoms with E-state index in [1.54, 1.807) is 19.9 Å². The maximum absolute atomic E-state index is 14.5. The number of aromatic amines is 2. The largest absolute Gasteiger partial charge is 0.414 e. The fourth-order valence-electron chi connectivity index (χ4n) is 7.55. The van der Waals surface area contributed by atoms with E-state index >= 15 is 0 Å². The van der Waals surface area contributed by atoms with Crippen molar-refractivity contribution in [1.29, 1.82) is 0 Å². The van der Waals surface area contributed by atoms with Gasteiger partial charge in [-0.15, -0.1) is 0 Å². The molecule has 0 amide bonds. The summed E-state index contributed by atoms with van der Waals surface area (Å²) < 4.78 is 55.6. The number of rotatable bonds is 15. The number of nitrogens with one attached hydrogen (secondary N) is 2. The van der Waals surface area contributed by atoms with Crippen LogP contribution in [0.25, 0.3) is 0 Å². The summed E-state index contributed by atoms with van der Waals surface area (Å²) >= 11 is 0. The molecule has 0 spiro atoms. The predicted octanol–water partition coefficient (Wildman–Crippen LogP) is 6.60. The number of hydrogen-bond donors (Lipinski definition) is 2. The molecule has 0 aliphatic carbocycles. The Morgan fingerprint density at radius 2 is 1.33 bits per heavy atom. The van der Waals surface area contributed by atoms with E-state index in [0.717, 1.165) is 0 Å². The molecule has 310 valence electrons. The molecule has 0 radical (unpaired) electrons. The van der Waals surface area contributed by atoms with Gasteiger partial charge in [0, 0.05) is 49.3 Å². The van der Waals surface area contributed by atoms with Gasteiger partial charge in [-0.25, -0.2) is 9.59 Å².